The maximum absolute atomic E-state index is 4.03. The lowest BCUT2D eigenvalue weighted by molar-refractivity contribution is 1.21. The molecular formula is C9H15N. The third-order valence-electron chi connectivity index (χ3n) is 0.956. The van der Waals surface area contributed by atoms with Crippen LogP contribution in [0.2, 0.25) is 0 Å². The zero-order valence-corrected chi connectivity index (χ0v) is 6.80. The van der Waals surface area contributed by atoms with Gasteiger partial charge in [0.1, 0.15) is 0 Å². The molecule has 0 spiro atoms. The lowest BCUT2D eigenvalue weighted by Gasteiger charge is -1.83. The molecule has 0 aromatic rings. The lowest BCUT2D eigenvalue weighted by atomic mass is 10.3. The zero-order valence-electron chi connectivity index (χ0n) is 6.80. The first-order valence-corrected chi connectivity index (χ1v) is 3.60. The highest BCUT2D eigenvalue weighted by Gasteiger charge is 1.72. The van der Waals surface area contributed by atoms with Crippen LogP contribution >= 0.6 is 0 Å². The highest BCUT2D eigenvalue weighted by atomic mass is 14.7. The predicted molar refractivity (Wildman–Crippen MR) is 47.4 cm³/mol. The minimum atomic E-state index is 0.866. The van der Waals surface area contributed by atoms with Crippen LogP contribution in [-0.4, -0.2) is 6.21 Å². The van der Waals surface area contributed by atoms with Crippen LogP contribution in [-0.2, 0) is 0 Å². The summed E-state index contributed by atoms with van der Waals surface area (Å²) in [6.07, 6.45) is 8.12. The van der Waals surface area contributed by atoms with Crippen molar-refractivity contribution in [1.29, 1.82) is 0 Å². The van der Waals surface area contributed by atoms with Crippen molar-refractivity contribution in [2.24, 2.45) is 4.99 Å². The zero-order chi connectivity index (χ0) is 7.82. The number of allylic oxidation sites excluding steroid dienone is 3. The first-order chi connectivity index (χ1) is 4.77. The quantitative estimate of drug-likeness (QED) is 0.417. The fourth-order valence-corrected chi connectivity index (χ4v) is 0.532. The largest absolute Gasteiger partial charge is 0.266 e. The average molecular weight is 137 g/mol. The molecule has 0 N–H and O–H groups in total. The topological polar surface area (TPSA) is 12.4 Å². The molecule has 1 nitrogen and oxygen atoms in total. The van der Waals surface area contributed by atoms with Gasteiger partial charge in [-0.05, 0) is 13.3 Å². The van der Waals surface area contributed by atoms with E-state index in [1.54, 1.807) is 0 Å². The van der Waals surface area contributed by atoms with Gasteiger partial charge in [-0.2, -0.15) is 0 Å². The van der Waals surface area contributed by atoms with Crippen molar-refractivity contribution >= 4 is 6.21 Å². The fourth-order valence-electron chi connectivity index (χ4n) is 0.532. The van der Waals surface area contributed by atoms with E-state index in [1.807, 2.05) is 13.1 Å². The Morgan fingerprint density at radius 3 is 2.70 bits per heavy atom. The molecule has 1 heteroatoms. The van der Waals surface area contributed by atoms with Crippen molar-refractivity contribution in [3.05, 3.63) is 24.4 Å². The molecule has 0 rings (SSSR count). The van der Waals surface area contributed by atoms with Gasteiger partial charge in [-0.25, -0.2) is 0 Å². The van der Waals surface area contributed by atoms with Crippen molar-refractivity contribution in [2.75, 3.05) is 0 Å². The Kier molecular flexibility index (Phi) is 5.74. The molecule has 0 aliphatic carbocycles. The first-order valence-electron chi connectivity index (χ1n) is 3.60. The minimum absolute atomic E-state index is 0.866. The Bertz CT molecular complexity index is 143. The second-order valence-corrected chi connectivity index (χ2v) is 2.16. The van der Waals surface area contributed by atoms with Gasteiger partial charge in [-0.1, -0.05) is 25.7 Å². The molecule has 0 amide bonds. The van der Waals surface area contributed by atoms with E-state index < -0.39 is 0 Å². The summed E-state index contributed by atoms with van der Waals surface area (Å²) in [7, 11) is 0. The maximum Gasteiger partial charge on any atom is 0.0297 e. The Morgan fingerprint density at radius 2 is 2.20 bits per heavy atom. The third kappa shape index (κ3) is 7.15. The van der Waals surface area contributed by atoms with E-state index in [4.69, 9.17) is 0 Å². The van der Waals surface area contributed by atoms with Crippen molar-refractivity contribution < 1.29 is 0 Å². The number of hydrogen-bond donors (Lipinski definition) is 0. The van der Waals surface area contributed by atoms with Crippen molar-refractivity contribution in [2.45, 2.75) is 26.7 Å². The van der Waals surface area contributed by atoms with E-state index in [-0.39, 0.29) is 0 Å². The van der Waals surface area contributed by atoms with E-state index >= 15 is 0 Å². The van der Waals surface area contributed by atoms with Crippen molar-refractivity contribution in [1.82, 2.24) is 0 Å². The van der Waals surface area contributed by atoms with Gasteiger partial charge in [0, 0.05) is 18.3 Å². The van der Waals surface area contributed by atoms with E-state index in [0.29, 0.717) is 0 Å². The summed E-state index contributed by atoms with van der Waals surface area (Å²) < 4.78 is 0. The van der Waals surface area contributed by atoms with E-state index in [9.17, 15) is 0 Å². The van der Waals surface area contributed by atoms with E-state index in [2.05, 4.69) is 30.6 Å². The van der Waals surface area contributed by atoms with Crippen LogP contribution in [0.5, 0.6) is 0 Å². The molecule has 0 unspecified atom stereocenters. The van der Waals surface area contributed by atoms with Gasteiger partial charge in [-0.3, -0.25) is 4.99 Å². The maximum atomic E-state index is 4.03. The Balaban J connectivity index is 3.35. The van der Waals surface area contributed by atoms with Crippen LogP contribution < -0.4 is 0 Å². The Labute approximate surface area is 63.2 Å². The molecule has 0 heterocycles. The second-order valence-electron chi connectivity index (χ2n) is 2.16. The minimum Gasteiger partial charge on any atom is -0.266 e. The molecular weight excluding hydrogens is 122 g/mol. The fraction of sp³-hybridized carbons (Fsp3) is 0.444. The van der Waals surface area contributed by atoms with Crippen LogP contribution in [0.15, 0.2) is 29.4 Å². The molecule has 0 aromatic carbocycles. The molecule has 0 atom stereocenters. The Morgan fingerprint density at radius 1 is 1.50 bits per heavy atom. The normalized spacial score (nSPS) is 11.4. The summed E-state index contributed by atoms with van der Waals surface area (Å²) in [4.78, 5) is 4.03. The standard InChI is InChI=1S/C9H15N/c1-4-5-6-7-8-10-9(2)3/h5-6,8H,2,4,7H2,1,3H3/b6-5-,10-8?. The predicted octanol–water partition coefficient (Wildman–Crippen LogP) is 2.95. The number of hydrogen-bond acceptors (Lipinski definition) is 1. The summed E-state index contributed by atoms with van der Waals surface area (Å²) in [5, 5.41) is 0. The van der Waals surface area contributed by atoms with Crippen LogP contribution in [0, 0.1) is 0 Å². The molecule has 0 aromatic heterocycles. The molecule has 0 bridgehead atoms. The van der Waals surface area contributed by atoms with Gasteiger partial charge in [0.25, 0.3) is 0 Å². The summed E-state index contributed by atoms with van der Waals surface area (Å²) in [6.45, 7) is 7.66. The molecule has 0 saturated carbocycles. The van der Waals surface area contributed by atoms with E-state index in [1.165, 1.54) is 0 Å². The third-order valence-corrected chi connectivity index (χ3v) is 0.956. The number of nitrogens with zero attached hydrogens (tertiary/aromatic N) is 1. The first kappa shape index (κ1) is 9.15. The van der Waals surface area contributed by atoms with E-state index in [0.717, 1.165) is 18.5 Å². The second kappa shape index (κ2) is 6.27. The van der Waals surface area contributed by atoms with Gasteiger partial charge >= 0.3 is 0 Å². The van der Waals surface area contributed by atoms with Gasteiger partial charge in [0.2, 0.25) is 0 Å². The summed E-state index contributed by atoms with van der Waals surface area (Å²) in [5.74, 6) is 0. The van der Waals surface area contributed by atoms with Crippen molar-refractivity contribution in [3.63, 3.8) is 0 Å². The van der Waals surface area contributed by atoms with Crippen LogP contribution in [0.4, 0.5) is 0 Å². The SMILES string of the molecule is C=C(C)N=CC/C=C\CC. The van der Waals surface area contributed by atoms with Crippen LogP contribution in [0.25, 0.3) is 0 Å². The molecule has 0 saturated heterocycles. The van der Waals surface area contributed by atoms with Gasteiger partial charge in [0.15, 0.2) is 0 Å². The smallest absolute Gasteiger partial charge is 0.0297 e. The highest BCUT2D eigenvalue weighted by molar-refractivity contribution is 5.60. The average Bonchev–Trinajstić information content (AvgIpc) is 1.87. The summed E-state index contributed by atoms with van der Waals surface area (Å²) in [5.41, 5.74) is 0.866. The molecule has 10 heavy (non-hydrogen) atoms. The molecule has 0 fully saturated rings. The van der Waals surface area contributed by atoms with Crippen LogP contribution in [0.3, 0.4) is 0 Å². The number of aliphatic imine (C=N–C) groups is 1. The van der Waals surface area contributed by atoms with Gasteiger partial charge in [0.05, 0.1) is 0 Å². The van der Waals surface area contributed by atoms with Gasteiger partial charge < -0.3 is 0 Å². The molecule has 56 valence electrons. The number of rotatable bonds is 4. The summed E-state index contributed by atoms with van der Waals surface area (Å²) in [6, 6.07) is 0. The van der Waals surface area contributed by atoms with Crippen molar-refractivity contribution in [3.8, 4) is 0 Å². The monoisotopic (exact) mass is 137 g/mol. The lowest BCUT2D eigenvalue weighted by Crippen LogP contribution is -1.70. The van der Waals surface area contributed by atoms with Gasteiger partial charge in [-0.15, -0.1) is 0 Å². The molecule has 0 radical (unpaired) electrons. The Hall–Kier alpha value is -0.850. The molecule has 0 aliphatic heterocycles. The molecule has 0 aliphatic rings. The van der Waals surface area contributed by atoms with Crippen LogP contribution in [0.1, 0.15) is 26.7 Å². The summed E-state index contributed by atoms with van der Waals surface area (Å²) >= 11 is 0. The highest BCUT2D eigenvalue weighted by Crippen LogP contribution is 1.88.